The number of rotatable bonds is 11. The van der Waals surface area contributed by atoms with E-state index in [4.69, 9.17) is 16.3 Å². The SMILES string of the molecule is COc1ccc(CN(C(=O)Cc2ccccc2)[C@@H](Cc2ccccc2)C(=O)NCc2ccc(Cl)cc2)cc1. The topological polar surface area (TPSA) is 58.6 Å². The first-order valence-corrected chi connectivity index (χ1v) is 12.9. The van der Waals surface area contributed by atoms with Crippen LogP contribution in [0.15, 0.2) is 109 Å². The second kappa shape index (κ2) is 13.5. The quantitative estimate of drug-likeness (QED) is 0.267. The van der Waals surface area contributed by atoms with Crippen LogP contribution in [0, 0.1) is 0 Å². The molecule has 0 aliphatic carbocycles. The third-order valence-corrected chi connectivity index (χ3v) is 6.61. The largest absolute Gasteiger partial charge is 0.497 e. The molecular weight excluding hydrogens is 496 g/mol. The molecule has 0 unspecified atom stereocenters. The molecule has 0 saturated heterocycles. The maximum atomic E-state index is 13.8. The molecule has 0 spiro atoms. The summed E-state index contributed by atoms with van der Waals surface area (Å²) >= 11 is 6.01. The Bertz CT molecular complexity index is 1310. The zero-order valence-corrected chi connectivity index (χ0v) is 22.1. The van der Waals surface area contributed by atoms with E-state index in [0.29, 0.717) is 24.5 Å². The summed E-state index contributed by atoms with van der Waals surface area (Å²) in [5.41, 5.74) is 3.72. The third kappa shape index (κ3) is 7.70. The van der Waals surface area contributed by atoms with E-state index in [1.807, 2.05) is 97.1 Å². The van der Waals surface area contributed by atoms with Crippen molar-refractivity contribution in [3.05, 3.63) is 136 Å². The van der Waals surface area contributed by atoms with Crippen LogP contribution in [0.3, 0.4) is 0 Å². The monoisotopic (exact) mass is 526 g/mol. The highest BCUT2D eigenvalue weighted by atomic mass is 35.5. The number of nitrogens with zero attached hydrogens (tertiary/aromatic N) is 1. The summed E-state index contributed by atoms with van der Waals surface area (Å²) in [6, 6.07) is 33.6. The Morgan fingerprint density at radius 3 is 1.95 bits per heavy atom. The van der Waals surface area contributed by atoms with Crippen LogP contribution in [-0.4, -0.2) is 29.9 Å². The summed E-state index contributed by atoms with van der Waals surface area (Å²) in [4.78, 5) is 29.2. The van der Waals surface area contributed by atoms with Gasteiger partial charge in [-0.05, 0) is 46.5 Å². The van der Waals surface area contributed by atoms with Gasteiger partial charge in [-0.2, -0.15) is 0 Å². The van der Waals surface area contributed by atoms with E-state index >= 15 is 0 Å². The lowest BCUT2D eigenvalue weighted by molar-refractivity contribution is -0.140. The molecule has 2 amide bonds. The summed E-state index contributed by atoms with van der Waals surface area (Å²) in [7, 11) is 1.62. The molecule has 0 radical (unpaired) electrons. The number of benzene rings is 4. The second-order valence-electron chi connectivity index (χ2n) is 9.08. The predicted octanol–water partition coefficient (Wildman–Crippen LogP) is 5.85. The van der Waals surface area contributed by atoms with Gasteiger partial charge in [-0.1, -0.05) is 96.5 Å². The molecule has 4 rings (SSSR count). The minimum atomic E-state index is -0.706. The van der Waals surface area contributed by atoms with Gasteiger partial charge in [-0.3, -0.25) is 9.59 Å². The van der Waals surface area contributed by atoms with Gasteiger partial charge in [0, 0.05) is 24.5 Å². The second-order valence-corrected chi connectivity index (χ2v) is 9.52. The van der Waals surface area contributed by atoms with Gasteiger partial charge in [0.25, 0.3) is 0 Å². The molecule has 4 aromatic carbocycles. The van der Waals surface area contributed by atoms with Crippen LogP contribution in [0.2, 0.25) is 5.02 Å². The fourth-order valence-electron chi connectivity index (χ4n) is 4.26. The van der Waals surface area contributed by atoms with Gasteiger partial charge in [-0.15, -0.1) is 0 Å². The molecule has 0 aliphatic heterocycles. The Balaban J connectivity index is 1.63. The van der Waals surface area contributed by atoms with Crippen molar-refractivity contribution >= 4 is 23.4 Å². The number of ether oxygens (including phenoxy) is 1. The molecule has 0 fully saturated rings. The Morgan fingerprint density at radius 1 is 0.763 bits per heavy atom. The fraction of sp³-hybridized carbons (Fsp3) is 0.188. The highest BCUT2D eigenvalue weighted by molar-refractivity contribution is 6.30. The Hall–Kier alpha value is -4.09. The number of nitrogens with one attached hydrogen (secondary N) is 1. The lowest BCUT2D eigenvalue weighted by Gasteiger charge is -2.32. The van der Waals surface area contributed by atoms with Crippen LogP contribution < -0.4 is 10.1 Å². The van der Waals surface area contributed by atoms with Gasteiger partial charge in [0.05, 0.1) is 13.5 Å². The summed E-state index contributed by atoms with van der Waals surface area (Å²) in [6.07, 6.45) is 0.594. The summed E-state index contributed by atoms with van der Waals surface area (Å²) in [5.74, 6) is 0.408. The minimum absolute atomic E-state index is 0.116. The molecule has 38 heavy (non-hydrogen) atoms. The van der Waals surface area contributed by atoms with Crippen molar-refractivity contribution in [1.82, 2.24) is 10.2 Å². The molecule has 6 heteroatoms. The van der Waals surface area contributed by atoms with E-state index in [9.17, 15) is 9.59 Å². The third-order valence-electron chi connectivity index (χ3n) is 6.36. The number of halogens is 1. The smallest absolute Gasteiger partial charge is 0.243 e. The average molecular weight is 527 g/mol. The first-order chi connectivity index (χ1) is 18.5. The van der Waals surface area contributed by atoms with Gasteiger partial charge in [-0.25, -0.2) is 0 Å². The first-order valence-electron chi connectivity index (χ1n) is 12.5. The predicted molar refractivity (Wildman–Crippen MR) is 151 cm³/mol. The van der Waals surface area contributed by atoms with Crippen molar-refractivity contribution in [1.29, 1.82) is 0 Å². The van der Waals surface area contributed by atoms with Gasteiger partial charge in [0.2, 0.25) is 11.8 Å². The van der Waals surface area contributed by atoms with Crippen LogP contribution in [0.25, 0.3) is 0 Å². The van der Waals surface area contributed by atoms with Crippen molar-refractivity contribution in [2.45, 2.75) is 32.0 Å². The summed E-state index contributed by atoms with van der Waals surface area (Å²) < 4.78 is 5.29. The van der Waals surface area contributed by atoms with Crippen LogP contribution in [0.4, 0.5) is 0 Å². The molecule has 1 N–H and O–H groups in total. The number of methoxy groups -OCH3 is 1. The van der Waals surface area contributed by atoms with E-state index < -0.39 is 6.04 Å². The van der Waals surface area contributed by atoms with Gasteiger partial charge in [0.15, 0.2) is 0 Å². The van der Waals surface area contributed by atoms with Crippen molar-refractivity contribution in [3.8, 4) is 5.75 Å². The Kier molecular flexibility index (Phi) is 9.54. The van der Waals surface area contributed by atoms with Gasteiger partial charge < -0.3 is 15.0 Å². The van der Waals surface area contributed by atoms with Crippen molar-refractivity contribution in [2.75, 3.05) is 7.11 Å². The molecule has 194 valence electrons. The number of amides is 2. The number of carbonyl (C=O) groups is 2. The average Bonchev–Trinajstić information content (AvgIpc) is 2.96. The fourth-order valence-corrected chi connectivity index (χ4v) is 4.39. The number of hydrogen-bond acceptors (Lipinski definition) is 3. The van der Waals surface area contributed by atoms with Crippen LogP contribution in [0.5, 0.6) is 5.75 Å². The number of hydrogen-bond donors (Lipinski definition) is 1. The maximum Gasteiger partial charge on any atom is 0.243 e. The Morgan fingerprint density at radius 2 is 1.34 bits per heavy atom. The molecule has 0 heterocycles. The Labute approximate surface area is 229 Å². The maximum absolute atomic E-state index is 13.8. The number of carbonyl (C=O) groups excluding carboxylic acids is 2. The van der Waals surface area contributed by atoms with Crippen molar-refractivity contribution < 1.29 is 14.3 Å². The van der Waals surface area contributed by atoms with Gasteiger partial charge in [0.1, 0.15) is 11.8 Å². The molecule has 0 saturated carbocycles. The molecular formula is C32H31ClN2O3. The zero-order chi connectivity index (χ0) is 26.7. The first kappa shape index (κ1) is 27.0. The highest BCUT2D eigenvalue weighted by Crippen LogP contribution is 2.19. The lowest BCUT2D eigenvalue weighted by Crippen LogP contribution is -2.50. The molecule has 0 aliphatic rings. The van der Waals surface area contributed by atoms with Crippen LogP contribution >= 0.6 is 11.6 Å². The summed E-state index contributed by atoms with van der Waals surface area (Å²) in [6.45, 7) is 0.631. The molecule has 5 nitrogen and oxygen atoms in total. The van der Waals surface area contributed by atoms with Crippen molar-refractivity contribution in [3.63, 3.8) is 0 Å². The van der Waals surface area contributed by atoms with E-state index in [1.54, 1.807) is 24.1 Å². The minimum Gasteiger partial charge on any atom is -0.497 e. The van der Waals surface area contributed by atoms with Crippen molar-refractivity contribution in [2.24, 2.45) is 0 Å². The van der Waals surface area contributed by atoms with E-state index in [-0.39, 0.29) is 18.2 Å². The van der Waals surface area contributed by atoms with Crippen LogP contribution in [-0.2, 0) is 35.5 Å². The van der Waals surface area contributed by atoms with E-state index in [0.717, 1.165) is 28.0 Å². The molecule has 4 aromatic rings. The van der Waals surface area contributed by atoms with Gasteiger partial charge >= 0.3 is 0 Å². The van der Waals surface area contributed by atoms with E-state index in [1.165, 1.54) is 0 Å². The molecule has 1 atom stereocenters. The van der Waals surface area contributed by atoms with E-state index in [2.05, 4.69) is 5.32 Å². The lowest BCUT2D eigenvalue weighted by atomic mass is 10.0. The highest BCUT2D eigenvalue weighted by Gasteiger charge is 2.30. The molecule has 0 aromatic heterocycles. The van der Waals surface area contributed by atoms with Crippen LogP contribution in [0.1, 0.15) is 22.3 Å². The zero-order valence-electron chi connectivity index (χ0n) is 21.3. The summed E-state index contributed by atoms with van der Waals surface area (Å²) in [5, 5.41) is 3.68. The normalized spacial score (nSPS) is 11.4. The standard InChI is InChI=1S/C32H31ClN2O3/c1-38-29-18-14-27(15-19-29)23-35(31(36)21-25-10-6-3-7-11-25)30(20-24-8-4-2-5-9-24)32(37)34-22-26-12-16-28(33)17-13-26/h2-19,30H,20-23H2,1H3,(H,34,37)/t30-/m0/s1. The molecule has 0 bridgehead atoms.